The Kier molecular flexibility index (Phi) is 4.04. The molecule has 3 heteroatoms. The molecule has 0 heterocycles. The van der Waals surface area contributed by atoms with E-state index < -0.39 is 0 Å². The molecule has 0 N–H and O–H groups in total. The molecule has 2 nitrogen and oxygen atoms in total. The fourth-order valence-corrected chi connectivity index (χ4v) is 1.76. The second-order valence-corrected chi connectivity index (χ2v) is 4.34. The van der Waals surface area contributed by atoms with Crippen LogP contribution in [0.15, 0.2) is 46.9 Å². The number of ether oxygens (including phenoxy) is 2. The van der Waals surface area contributed by atoms with E-state index in [9.17, 15) is 0 Å². The van der Waals surface area contributed by atoms with E-state index in [1.165, 1.54) is 0 Å². The van der Waals surface area contributed by atoms with Crippen LogP contribution in [0.4, 0.5) is 0 Å². The molecule has 2 aromatic rings. The molecule has 0 atom stereocenters. The molecule has 0 aliphatic rings. The third kappa shape index (κ3) is 3.24. The summed E-state index contributed by atoms with van der Waals surface area (Å²) in [6.07, 6.45) is 0. The van der Waals surface area contributed by atoms with Crippen molar-refractivity contribution < 1.29 is 9.47 Å². The first-order valence-electron chi connectivity index (χ1n) is 5.21. The van der Waals surface area contributed by atoms with E-state index in [0.717, 1.165) is 10.0 Å². The summed E-state index contributed by atoms with van der Waals surface area (Å²) in [4.78, 5) is 0. The maximum absolute atomic E-state index is 5.69. The van der Waals surface area contributed by atoms with E-state index >= 15 is 0 Å². The first-order valence-corrected chi connectivity index (χ1v) is 6.01. The quantitative estimate of drug-likeness (QED) is 0.852. The second kappa shape index (κ2) is 5.73. The Labute approximate surface area is 109 Å². The van der Waals surface area contributed by atoms with Crippen LogP contribution in [0.1, 0.15) is 5.56 Å². The van der Waals surface area contributed by atoms with Gasteiger partial charge >= 0.3 is 0 Å². The molecular weight excluding hydrogens is 280 g/mol. The lowest BCUT2D eigenvalue weighted by Gasteiger charge is -2.10. The molecule has 0 saturated heterocycles. The molecular formula is C14H12BrO2. The SMILES string of the molecule is COc1cc(Br)[c]cc1OCc1ccccc1. The number of methoxy groups -OCH3 is 1. The fourth-order valence-electron chi connectivity index (χ4n) is 1.44. The predicted molar refractivity (Wildman–Crippen MR) is 70.3 cm³/mol. The molecule has 0 aliphatic carbocycles. The van der Waals surface area contributed by atoms with Gasteiger partial charge in [0.25, 0.3) is 0 Å². The van der Waals surface area contributed by atoms with Crippen molar-refractivity contribution in [2.75, 3.05) is 7.11 Å². The lowest BCUT2D eigenvalue weighted by atomic mass is 10.2. The molecule has 0 fully saturated rings. The van der Waals surface area contributed by atoms with Gasteiger partial charge in [-0.05, 0) is 17.7 Å². The molecule has 0 saturated carbocycles. The lowest BCUT2D eigenvalue weighted by Crippen LogP contribution is -1.97. The van der Waals surface area contributed by atoms with E-state index in [1.807, 2.05) is 36.4 Å². The maximum Gasteiger partial charge on any atom is 0.162 e. The number of benzene rings is 2. The standard InChI is InChI=1S/C14H12BrO2/c1-16-14-9-12(15)7-8-13(14)17-10-11-5-3-2-4-6-11/h2-6,8-9H,10H2,1H3. The molecule has 0 amide bonds. The van der Waals surface area contributed by atoms with Gasteiger partial charge in [0.15, 0.2) is 11.5 Å². The summed E-state index contributed by atoms with van der Waals surface area (Å²) in [7, 11) is 1.62. The summed E-state index contributed by atoms with van der Waals surface area (Å²) >= 11 is 3.34. The van der Waals surface area contributed by atoms with Crippen LogP contribution in [0.3, 0.4) is 0 Å². The molecule has 1 radical (unpaired) electrons. The van der Waals surface area contributed by atoms with Crippen molar-refractivity contribution in [2.45, 2.75) is 6.61 Å². The zero-order valence-corrected chi connectivity index (χ0v) is 11.0. The van der Waals surface area contributed by atoms with E-state index in [1.54, 1.807) is 13.2 Å². The molecule has 0 aliphatic heterocycles. The highest BCUT2D eigenvalue weighted by Crippen LogP contribution is 2.30. The summed E-state index contributed by atoms with van der Waals surface area (Å²) in [6, 6.07) is 16.6. The Morgan fingerprint density at radius 2 is 1.94 bits per heavy atom. The van der Waals surface area contributed by atoms with Gasteiger partial charge in [0.05, 0.1) is 7.11 Å². The van der Waals surface area contributed by atoms with Gasteiger partial charge in [-0.1, -0.05) is 46.3 Å². The van der Waals surface area contributed by atoms with Crippen LogP contribution in [0.2, 0.25) is 0 Å². The van der Waals surface area contributed by atoms with Crippen molar-refractivity contribution in [3.63, 3.8) is 0 Å². The first kappa shape index (κ1) is 12.0. The molecule has 2 rings (SSSR count). The van der Waals surface area contributed by atoms with Crippen molar-refractivity contribution in [3.05, 3.63) is 58.6 Å². The van der Waals surface area contributed by atoms with Crippen LogP contribution in [-0.2, 0) is 6.61 Å². The van der Waals surface area contributed by atoms with Gasteiger partial charge < -0.3 is 9.47 Å². The van der Waals surface area contributed by atoms with Gasteiger partial charge in [-0.2, -0.15) is 0 Å². The number of hydrogen-bond donors (Lipinski definition) is 0. The minimum absolute atomic E-state index is 0.521. The van der Waals surface area contributed by atoms with Crippen LogP contribution in [0.25, 0.3) is 0 Å². The van der Waals surface area contributed by atoms with E-state index in [-0.39, 0.29) is 0 Å². The molecule has 87 valence electrons. The monoisotopic (exact) mass is 291 g/mol. The van der Waals surface area contributed by atoms with Crippen LogP contribution < -0.4 is 9.47 Å². The third-order valence-corrected chi connectivity index (χ3v) is 2.76. The Morgan fingerprint density at radius 3 is 2.65 bits per heavy atom. The minimum Gasteiger partial charge on any atom is -0.493 e. The van der Waals surface area contributed by atoms with Gasteiger partial charge in [0.1, 0.15) is 6.61 Å². The molecule has 0 bridgehead atoms. The number of halogens is 1. The topological polar surface area (TPSA) is 18.5 Å². The summed E-state index contributed by atoms with van der Waals surface area (Å²) in [5.41, 5.74) is 1.12. The van der Waals surface area contributed by atoms with Crippen molar-refractivity contribution in [3.8, 4) is 11.5 Å². The average Bonchev–Trinajstić information content (AvgIpc) is 2.38. The van der Waals surface area contributed by atoms with Crippen LogP contribution in [0.5, 0.6) is 11.5 Å². The number of rotatable bonds is 4. The minimum atomic E-state index is 0.521. The van der Waals surface area contributed by atoms with Crippen molar-refractivity contribution in [1.82, 2.24) is 0 Å². The summed E-state index contributed by atoms with van der Waals surface area (Å²) in [5.74, 6) is 1.39. The molecule has 0 aromatic heterocycles. The lowest BCUT2D eigenvalue weighted by molar-refractivity contribution is 0.284. The van der Waals surface area contributed by atoms with Gasteiger partial charge in [0.2, 0.25) is 0 Å². The Bertz CT molecular complexity index is 483. The molecule has 2 aromatic carbocycles. The predicted octanol–water partition coefficient (Wildman–Crippen LogP) is 3.84. The van der Waals surface area contributed by atoms with Crippen molar-refractivity contribution in [1.29, 1.82) is 0 Å². The Morgan fingerprint density at radius 1 is 1.18 bits per heavy atom. The van der Waals surface area contributed by atoms with Crippen LogP contribution in [-0.4, -0.2) is 7.11 Å². The largest absolute Gasteiger partial charge is 0.493 e. The average molecular weight is 292 g/mol. The van der Waals surface area contributed by atoms with Gasteiger partial charge in [0, 0.05) is 10.5 Å². The van der Waals surface area contributed by atoms with E-state index in [0.29, 0.717) is 18.1 Å². The van der Waals surface area contributed by atoms with Crippen LogP contribution in [0, 0.1) is 6.07 Å². The summed E-state index contributed by atoms with van der Waals surface area (Å²) in [6.45, 7) is 0.521. The number of hydrogen-bond acceptors (Lipinski definition) is 2. The van der Waals surface area contributed by atoms with Crippen molar-refractivity contribution >= 4 is 15.9 Å². The Balaban J connectivity index is 2.09. The van der Waals surface area contributed by atoms with Crippen molar-refractivity contribution in [2.24, 2.45) is 0 Å². The molecule has 0 spiro atoms. The van der Waals surface area contributed by atoms with Gasteiger partial charge in [-0.3, -0.25) is 0 Å². The summed E-state index contributed by atoms with van der Waals surface area (Å²) in [5, 5.41) is 0. The van der Waals surface area contributed by atoms with Gasteiger partial charge in [-0.15, -0.1) is 0 Å². The molecule has 0 unspecified atom stereocenters. The van der Waals surface area contributed by atoms with E-state index in [2.05, 4.69) is 22.0 Å². The van der Waals surface area contributed by atoms with E-state index in [4.69, 9.17) is 9.47 Å². The highest BCUT2D eigenvalue weighted by atomic mass is 79.9. The van der Waals surface area contributed by atoms with Gasteiger partial charge in [-0.25, -0.2) is 0 Å². The first-order chi connectivity index (χ1) is 8.29. The van der Waals surface area contributed by atoms with Crippen LogP contribution >= 0.6 is 15.9 Å². The zero-order valence-electron chi connectivity index (χ0n) is 9.44. The molecule has 17 heavy (non-hydrogen) atoms. The second-order valence-electron chi connectivity index (χ2n) is 3.49. The fraction of sp³-hybridized carbons (Fsp3) is 0.143. The highest BCUT2D eigenvalue weighted by Gasteiger charge is 2.05. The highest BCUT2D eigenvalue weighted by molar-refractivity contribution is 9.10. The summed E-state index contributed by atoms with van der Waals surface area (Å²) < 4.78 is 11.8. The third-order valence-electron chi connectivity index (χ3n) is 2.30. The Hall–Kier alpha value is -1.48. The maximum atomic E-state index is 5.69. The zero-order chi connectivity index (χ0) is 12.1. The smallest absolute Gasteiger partial charge is 0.162 e. The normalized spacial score (nSPS) is 10.0.